The van der Waals surface area contributed by atoms with Gasteiger partial charge in [-0.1, -0.05) is 11.6 Å². The number of nitro groups is 1. The number of hydrogen-bond acceptors (Lipinski definition) is 8. The van der Waals surface area contributed by atoms with Crippen LogP contribution in [0.3, 0.4) is 0 Å². The standard InChI is InChI=1S/C17H12ClN3O6/c1-25-12-5-2-10(3-6-12)16-20-19-15(27-16)9-26-17(22)13-7-4-11(18)8-14(13)21(23)24/h2-8H,9H2,1H3. The molecule has 0 atom stereocenters. The number of rotatable bonds is 6. The number of nitrogens with zero attached hydrogens (tertiary/aromatic N) is 3. The summed E-state index contributed by atoms with van der Waals surface area (Å²) in [5, 5.41) is 18.9. The van der Waals surface area contributed by atoms with Crippen LogP contribution in [0.4, 0.5) is 5.69 Å². The van der Waals surface area contributed by atoms with Gasteiger partial charge in [0.2, 0.25) is 5.89 Å². The van der Waals surface area contributed by atoms with E-state index in [1.165, 1.54) is 12.1 Å². The Kier molecular flexibility index (Phi) is 5.32. The Bertz CT molecular complexity index is 987. The maximum atomic E-state index is 12.1. The third-order valence-corrected chi connectivity index (χ3v) is 3.74. The van der Waals surface area contributed by atoms with Crippen molar-refractivity contribution in [3.8, 4) is 17.2 Å². The van der Waals surface area contributed by atoms with Crippen molar-refractivity contribution in [2.75, 3.05) is 7.11 Å². The Labute approximate surface area is 157 Å². The number of carbonyl (C=O) groups is 1. The average Bonchev–Trinajstić information content (AvgIpc) is 3.15. The van der Waals surface area contributed by atoms with Gasteiger partial charge in [-0.25, -0.2) is 4.79 Å². The molecular weight excluding hydrogens is 378 g/mol. The molecule has 3 rings (SSSR count). The first-order valence-corrected chi connectivity index (χ1v) is 7.93. The summed E-state index contributed by atoms with van der Waals surface area (Å²) in [6.07, 6.45) is 0. The number of aromatic nitrogens is 2. The minimum absolute atomic E-state index is 0.0470. The van der Waals surface area contributed by atoms with E-state index in [0.717, 1.165) is 6.07 Å². The van der Waals surface area contributed by atoms with Crippen LogP contribution in [0.25, 0.3) is 11.5 Å². The molecule has 0 saturated heterocycles. The molecule has 0 unspecified atom stereocenters. The molecule has 0 N–H and O–H groups in total. The van der Waals surface area contributed by atoms with E-state index in [0.29, 0.717) is 11.3 Å². The van der Waals surface area contributed by atoms with Gasteiger partial charge in [0.15, 0.2) is 6.61 Å². The molecule has 2 aromatic carbocycles. The predicted octanol–water partition coefficient (Wildman–Crippen LogP) is 3.66. The second-order valence-corrected chi connectivity index (χ2v) is 5.66. The predicted molar refractivity (Wildman–Crippen MR) is 93.5 cm³/mol. The highest BCUT2D eigenvalue weighted by Gasteiger charge is 2.22. The Morgan fingerprint density at radius 3 is 2.63 bits per heavy atom. The van der Waals surface area contributed by atoms with Crippen LogP contribution in [0.5, 0.6) is 5.75 Å². The highest BCUT2D eigenvalue weighted by molar-refractivity contribution is 6.31. The summed E-state index contributed by atoms with van der Waals surface area (Å²) in [5.74, 6) is 0.0616. The third-order valence-electron chi connectivity index (χ3n) is 3.51. The first-order valence-electron chi connectivity index (χ1n) is 7.56. The zero-order valence-electron chi connectivity index (χ0n) is 13.9. The number of esters is 1. The topological polar surface area (TPSA) is 118 Å². The van der Waals surface area contributed by atoms with E-state index in [1.807, 2.05) is 0 Å². The molecule has 0 radical (unpaired) electrons. The van der Waals surface area contributed by atoms with E-state index in [2.05, 4.69) is 10.2 Å². The van der Waals surface area contributed by atoms with Gasteiger partial charge in [-0.3, -0.25) is 10.1 Å². The van der Waals surface area contributed by atoms with Crippen molar-refractivity contribution in [3.05, 3.63) is 69.1 Å². The summed E-state index contributed by atoms with van der Waals surface area (Å²) in [4.78, 5) is 22.5. The fourth-order valence-corrected chi connectivity index (χ4v) is 2.36. The van der Waals surface area contributed by atoms with E-state index in [9.17, 15) is 14.9 Å². The van der Waals surface area contributed by atoms with Crippen molar-refractivity contribution < 1.29 is 23.6 Å². The zero-order valence-corrected chi connectivity index (χ0v) is 14.7. The van der Waals surface area contributed by atoms with Gasteiger partial charge in [0.05, 0.1) is 12.0 Å². The van der Waals surface area contributed by atoms with Crippen molar-refractivity contribution in [2.45, 2.75) is 6.61 Å². The van der Waals surface area contributed by atoms with Gasteiger partial charge < -0.3 is 13.9 Å². The van der Waals surface area contributed by atoms with Crippen LogP contribution in [0.15, 0.2) is 46.9 Å². The SMILES string of the molecule is COc1ccc(-c2nnc(COC(=O)c3ccc(Cl)cc3[N+](=O)[O-])o2)cc1. The molecule has 0 spiro atoms. The number of carbonyl (C=O) groups excluding carboxylic acids is 1. The van der Waals surface area contributed by atoms with E-state index in [-0.39, 0.29) is 29.0 Å². The van der Waals surface area contributed by atoms with Gasteiger partial charge in [-0.05, 0) is 36.4 Å². The Morgan fingerprint density at radius 2 is 1.96 bits per heavy atom. The number of hydrogen-bond donors (Lipinski definition) is 0. The minimum atomic E-state index is -0.900. The summed E-state index contributed by atoms with van der Waals surface area (Å²) < 4.78 is 15.5. The molecule has 10 heteroatoms. The number of nitro benzene ring substituents is 1. The first-order chi connectivity index (χ1) is 13.0. The molecule has 1 aromatic heterocycles. The van der Waals surface area contributed by atoms with Crippen LogP contribution >= 0.6 is 11.6 Å². The van der Waals surface area contributed by atoms with Crippen molar-refractivity contribution >= 4 is 23.3 Å². The Morgan fingerprint density at radius 1 is 1.22 bits per heavy atom. The normalized spacial score (nSPS) is 10.4. The lowest BCUT2D eigenvalue weighted by Crippen LogP contribution is -2.08. The molecule has 0 aliphatic rings. The van der Waals surface area contributed by atoms with Crippen LogP contribution in [0.2, 0.25) is 5.02 Å². The lowest BCUT2D eigenvalue weighted by atomic mass is 10.2. The van der Waals surface area contributed by atoms with Gasteiger partial charge in [0.25, 0.3) is 11.6 Å². The molecule has 0 amide bonds. The lowest BCUT2D eigenvalue weighted by Gasteiger charge is -2.03. The molecule has 3 aromatic rings. The van der Waals surface area contributed by atoms with Gasteiger partial charge in [-0.15, -0.1) is 10.2 Å². The molecule has 1 heterocycles. The first kappa shape index (κ1) is 18.3. The summed E-state index contributed by atoms with van der Waals surface area (Å²) >= 11 is 5.72. The van der Waals surface area contributed by atoms with Crippen LogP contribution in [0.1, 0.15) is 16.2 Å². The van der Waals surface area contributed by atoms with Crippen molar-refractivity contribution in [1.82, 2.24) is 10.2 Å². The maximum Gasteiger partial charge on any atom is 0.345 e. The van der Waals surface area contributed by atoms with E-state index >= 15 is 0 Å². The highest BCUT2D eigenvalue weighted by atomic mass is 35.5. The summed E-state index contributed by atoms with van der Waals surface area (Å²) in [6, 6.07) is 10.6. The quantitative estimate of drug-likeness (QED) is 0.356. The van der Waals surface area contributed by atoms with Gasteiger partial charge in [0.1, 0.15) is 11.3 Å². The number of benzene rings is 2. The van der Waals surface area contributed by atoms with Crippen LogP contribution in [0, 0.1) is 10.1 Å². The molecule has 0 fully saturated rings. The molecule has 27 heavy (non-hydrogen) atoms. The summed E-state index contributed by atoms with van der Waals surface area (Å²) in [7, 11) is 1.55. The highest BCUT2D eigenvalue weighted by Crippen LogP contribution is 2.25. The van der Waals surface area contributed by atoms with Crippen LogP contribution < -0.4 is 4.74 Å². The fraction of sp³-hybridized carbons (Fsp3) is 0.118. The molecular formula is C17H12ClN3O6. The van der Waals surface area contributed by atoms with Crippen molar-refractivity contribution in [1.29, 1.82) is 0 Å². The third kappa shape index (κ3) is 4.21. The van der Waals surface area contributed by atoms with E-state index < -0.39 is 16.6 Å². The van der Waals surface area contributed by atoms with Crippen LogP contribution in [-0.2, 0) is 11.3 Å². The fourth-order valence-electron chi connectivity index (χ4n) is 2.20. The zero-order chi connectivity index (χ0) is 19.4. The Hall–Kier alpha value is -3.46. The lowest BCUT2D eigenvalue weighted by molar-refractivity contribution is -0.385. The smallest absolute Gasteiger partial charge is 0.345 e. The second kappa shape index (κ2) is 7.83. The van der Waals surface area contributed by atoms with Gasteiger partial charge >= 0.3 is 5.97 Å². The van der Waals surface area contributed by atoms with E-state index in [4.69, 9.17) is 25.5 Å². The number of halogens is 1. The molecule has 0 aliphatic heterocycles. The summed E-state index contributed by atoms with van der Waals surface area (Å²) in [6.45, 7) is -0.332. The molecule has 0 saturated carbocycles. The minimum Gasteiger partial charge on any atom is -0.497 e. The largest absolute Gasteiger partial charge is 0.497 e. The monoisotopic (exact) mass is 389 g/mol. The number of methoxy groups -OCH3 is 1. The second-order valence-electron chi connectivity index (χ2n) is 5.22. The average molecular weight is 390 g/mol. The molecule has 138 valence electrons. The van der Waals surface area contributed by atoms with Gasteiger partial charge in [-0.2, -0.15) is 0 Å². The Balaban J connectivity index is 1.70. The molecule has 9 nitrogen and oxygen atoms in total. The van der Waals surface area contributed by atoms with Crippen molar-refractivity contribution in [3.63, 3.8) is 0 Å². The molecule has 0 aliphatic carbocycles. The summed E-state index contributed by atoms with van der Waals surface area (Å²) in [5.41, 5.74) is -0.00883. The maximum absolute atomic E-state index is 12.1. The van der Waals surface area contributed by atoms with Crippen molar-refractivity contribution in [2.24, 2.45) is 0 Å². The molecule has 0 bridgehead atoms. The van der Waals surface area contributed by atoms with Gasteiger partial charge in [0, 0.05) is 16.7 Å². The number of ether oxygens (including phenoxy) is 2. The van der Waals surface area contributed by atoms with Crippen LogP contribution in [-0.4, -0.2) is 28.2 Å². The van der Waals surface area contributed by atoms with E-state index in [1.54, 1.807) is 31.4 Å².